The Morgan fingerprint density at radius 2 is 1.57 bits per heavy atom. The standard InChI is InChI=1S/C24H18F3NO2/c1-29-22-14-9-18(10-15-22)11-16-23(20-5-3-2-4-6-20)30-28-17-19-7-12-21(13-8-19)24(25,26)27/h2-10,12-15,17,23H,1H3/b28-17+. The molecule has 1 unspecified atom stereocenters. The van der Waals surface area contributed by atoms with E-state index in [2.05, 4.69) is 17.0 Å². The molecule has 0 bridgehead atoms. The van der Waals surface area contributed by atoms with Crippen molar-refractivity contribution in [1.82, 2.24) is 0 Å². The van der Waals surface area contributed by atoms with Crippen LogP contribution in [-0.4, -0.2) is 13.3 Å². The molecular weight excluding hydrogens is 391 g/mol. The minimum Gasteiger partial charge on any atom is -0.497 e. The summed E-state index contributed by atoms with van der Waals surface area (Å²) in [5, 5.41) is 3.92. The second-order valence-electron chi connectivity index (χ2n) is 6.25. The van der Waals surface area contributed by atoms with E-state index in [-0.39, 0.29) is 0 Å². The number of hydrogen-bond acceptors (Lipinski definition) is 3. The number of nitrogens with zero attached hydrogens (tertiary/aromatic N) is 1. The highest BCUT2D eigenvalue weighted by molar-refractivity contribution is 5.79. The van der Waals surface area contributed by atoms with Crippen molar-refractivity contribution in [1.29, 1.82) is 0 Å². The van der Waals surface area contributed by atoms with Crippen LogP contribution in [0.5, 0.6) is 5.75 Å². The number of methoxy groups -OCH3 is 1. The Bertz CT molecular complexity index is 1030. The maximum absolute atomic E-state index is 12.7. The number of hydrogen-bond donors (Lipinski definition) is 0. The lowest BCUT2D eigenvalue weighted by Crippen LogP contribution is -2.04. The Hall–Kier alpha value is -3.72. The van der Waals surface area contributed by atoms with Crippen LogP contribution in [0.4, 0.5) is 13.2 Å². The molecule has 3 aromatic rings. The van der Waals surface area contributed by atoms with Gasteiger partial charge in [0.1, 0.15) is 5.75 Å². The summed E-state index contributed by atoms with van der Waals surface area (Å²) in [4.78, 5) is 5.55. The molecule has 6 heteroatoms. The number of rotatable bonds is 5. The average molecular weight is 409 g/mol. The lowest BCUT2D eigenvalue weighted by Gasteiger charge is -2.09. The second kappa shape index (κ2) is 9.66. The second-order valence-corrected chi connectivity index (χ2v) is 6.25. The van der Waals surface area contributed by atoms with E-state index in [1.165, 1.54) is 18.3 Å². The molecule has 3 aromatic carbocycles. The van der Waals surface area contributed by atoms with E-state index in [1.54, 1.807) is 7.11 Å². The Labute approximate surface area is 172 Å². The van der Waals surface area contributed by atoms with Crippen LogP contribution in [0.2, 0.25) is 0 Å². The summed E-state index contributed by atoms with van der Waals surface area (Å²) in [5.41, 5.74) is 1.36. The predicted molar refractivity (Wildman–Crippen MR) is 109 cm³/mol. The molecule has 30 heavy (non-hydrogen) atoms. The van der Waals surface area contributed by atoms with Crippen molar-refractivity contribution in [2.24, 2.45) is 5.16 Å². The molecule has 0 heterocycles. The van der Waals surface area contributed by atoms with Crippen molar-refractivity contribution >= 4 is 6.21 Å². The summed E-state index contributed by atoms with van der Waals surface area (Å²) in [6.45, 7) is 0. The largest absolute Gasteiger partial charge is 0.497 e. The summed E-state index contributed by atoms with van der Waals surface area (Å²) in [6, 6.07) is 21.3. The van der Waals surface area contributed by atoms with Gasteiger partial charge in [-0.15, -0.1) is 0 Å². The SMILES string of the molecule is COc1ccc(C#CC(O/N=C/c2ccc(C(F)(F)F)cc2)c2ccccc2)cc1. The van der Waals surface area contributed by atoms with Crippen molar-refractivity contribution in [3.05, 3.63) is 101 Å². The first kappa shape index (κ1) is 21.0. The van der Waals surface area contributed by atoms with E-state index in [0.717, 1.165) is 29.0 Å². The lowest BCUT2D eigenvalue weighted by atomic mass is 10.1. The maximum atomic E-state index is 12.7. The fraction of sp³-hybridized carbons (Fsp3) is 0.125. The van der Waals surface area contributed by atoms with Crippen molar-refractivity contribution in [2.45, 2.75) is 12.3 Å². The Morgan fingerprint density at radius 1 is 0.900 bits per heavy atom. The highest BCUT2D eigenvalue weighted by Gasteiger charge is 2.29. The molecule has 0 saturated carbocycles. The highest BCUT2D eigenvalue weighted by atomic mass is 19.4. The third kappa shape index (κ3) is 5.89. The number of benzene rings is 3. The molecule has 152 valence electrons. The van der Waals surface area contributed by atoms with Crippen LogP contribution >= 0.6 is 0 Å². The summed E-state index contributed by atoms with van der Waals surface area (Å²) in [5.74, 6) is 6.80. The van der Waals surface area contributed by atoms with Gasteiger partial charge in [-0.3, -0.25) is 0 Å². The van der Waals surface area contributed by atoms with Gasteiger partial charge >= 0.3 is 6.18 Å². The van der Waals surface area contributed by atoms with Gasteiger partial charge in [0.15, 0.2) is 0 Å². The third-order valence-corrected chi connectivity index (χ3v) is 4.15. The van der Waals surface area contributed by atoms with Crippen LogP contribution in [0.3, 0.4) is 0 Å². The van der Waals surface area contributed by atoms with Crippen molar-refractivity contribution in [3.63, 3.8) is 0 Å². The van der Waals surface area contributed by atoms with Crippen LogP contribution in [0.25, 0.3) is 0 Å². The molecule has 3 nitrogen and oxygen atoms in total. The quantitative estimate of drug-likeness (QED) is 0.300. The van der Waals surface area contributed by atoms with E-state index in [9.17, 15) is 13.2 Å². The van der Waals surface area contributed by atoms with Crippen LogP contribution in [0, 0.1) is 11.8 Å². The van der Waals surface area contributed by atoms with Crippen LogP contribution in [-0.2, 0) is 11.0 Å². The summed E-state index contributed by atoms with van der Waals surface area (Å²) in [6.07, 6.45) is -3.66. The van der Waals surface area contributed by atoms with E-state index < -0.39 is 17.8 Å². The fourth-order valence-corrected chi connectivity index (χ4v) is 2.53. The predicted octanol–water partition coefficient (Wildman–Crippen LogP) is 5.86. The van der Waals surface area contributed by atoms with Crippen molar-refractivity contribution in [2.75, 3.05) is 7.11 Å². The smallest absolute Gasteiger partial charge is 0.416 e. The zero-order valence-electron chi connectivity index (χ0n) is 16.1. The van der Waals surface area contributed by atoms with Gasteiger partial charge < -0.3 is 9.57 Å². The van der Waals surface area contributed by atoms with Gasteiger partial charge in [0.2, 0.25) is 6.10 Å². The van der Waals surface area contributed by atoms with Gasteiger partial charge in [-0.05, 0) is 47.9 Å². The van der Waals surface area contributed by atoms with Gasteiger partial charge in [-0.2, -0.15) is 13.2 Å². The van der Waals surface area contributed by atoms with E-state index >= 15 is 0 Å². The number of halogens is 3. The molecule has 0 aromatic heterocycles. The molecule has 3 rings (SSSR count). The minimum atomic E-state index is -4.37. The number of ether oxygens (including phenoxy) is 1. The first-order valence-electron chi connectivity index (χ1n) is 9.03. The number of alkyl halides is 3. The number of oxime groups is 1. The van der Waals surface area contributed by atoms with Crippen LogP contribution in [0.1, 0.15) is 28.4 Å². The Morgan fingerprint density at radius 3 is 2.17 bits per heavy atom. The van der Waals surface area contributed by atoms with E-state index in [0.29, 0.717) is 5.56 Å². The first-order chi connectivity index (χ1) is 14.5. The van der Waals surface area contributed by atoms with Crippen LogP contribution < -0.4 is 4.74 Å². The average Bonchev–Trinajstić information content (AvgIpc) is 2.77. The van der Waals surface area contributed by atoms with Crippen molar-refractivity contribution in [3.8, 4) is 17.6 Å². The molecule has 0 spiro atoms. The molecule has 1 atom stereocenters. The lowest BCUT2D eigenvalue weighted by molar-refractivity contribution is -0.137. The summed E-state index contributed by atoms with van der Waals surface area (Å²) in [7, 11) is 1.59. The van der Waals surface area contributed by atoms with Gasteiger partial charge in [0, 0.05) is 11.1 Å². The maximum Gasteiger partial charge on any atom is 0.416 e. The van der Waals surface area contributed by atoms with Gasteiger partial charge in [0.25, 0.3) is 0 Å². The summed E-state index contributed by atoms with van der Waals surface area (Å²) >= 11 is 0. The first-order valence-corrected chi connectivity index (χ1v) is 9.03. The Balaban J connectivity index is 1.75. The molecule has 0 aliphatic rings. The molecule has 0 fully saturated rings. The molecule has 0 radical (unpaired) electrons. The van der Waals surface area contributed by atoms with E-state index in [1.807, 2.05) is 54.6 Å². The van der Waals surface area contributed by atoms with E-state index in [4.69, 9.17) is 9.57 Å². The molecule has 0 amide bonds. The summed E-state index contributed by atoms with van der Waals surface area (Å²) < 4.78 is 43.1. The third-order valence-electron chi connectivity index (χ3n) is 4.15. The van der Waals surface area contributed by atoms with Crippen molar-refractivity contribution < 1.29 is 22.7 Å². The normalized spacial score (nSPS) is 12.1. The molecular formula is C24H18F3NO2. The Kier molecular flexibility index (Phi) is 6.76. The molecule has 0 saturated heterocycles. The highest BCUT2D eigenvalue weighted by Crippen LogP contribution is 2.29. The molecule has 0 aliphatic carbocycles. The van der Waals surface area contributed by atoms with Gasteiger partial charge in [-0.25, -0.2) is 0 Å². The molecule has 0 N–H and O–H groups in total. The monoisotopic (exact) mass is 409 g/mol. The van der Waals surface area contributed by atoms with Gasteiger partial charge in [-0.1, -0.05) is 53.5 Å². The van der Waals surface area contributed by atoms with Gasteiger partial charge in [0.05, 0.1) is 18.9 Å². The fourth-order valence-electron chi connectivity index (χ4n) is 2.53. The minimum absolute atomic E-state index is 0.484. The zero-order chi connectivity index (χ0) is 21.4. The molecule has 0 aliphatic heterocycles. The zero-order valence-corrected chi connectivity index (χ0v) is 16.1. The van der Waals surface area contributed by atoms with Crippen LogP contribution in [0.15, 0.2) is 84.0 Å². The topological polar surface area (TPSA) is 30.8 Å².